The van der Waals surface area contributed by atoms with E-state index in [-0.39, 0.29) is 22.4 Å². The highest BCUT2D eigenvalue weighted by Gasteiger charge is 2.27. The monoisotopic (exact) mass is 459 g/mol. The van der Waals surface area contributed by atoms with Crippen molar-refractivity contribution in [3.8, 4) is 5.69 Å². The molecule has 1 aliphatic rings. The summed E-state index contributed by atoms with van der Waals surface area (Å²) in [5.41, 5.74) is 4.69. The van der Waals surface area contributed by atoms with Crippen LogP contribution in [0.25, 0.3) is 11.3 Å². The maximum Gasteiger partial charge on any atom is 0.290 e. The van der Waals surface area contributed by atoms with E-state index in [0.29, 0.717) is 5.69 Å². The molecule has 1 aromatic heterocycles. The van der Waals surface area contributed by atoms with Crippen LogP contribution in [0.1, 0.15) is 36.2 Å². The van der Waals surface area contributed by atoms with Crippen molar-refractivity contribution >= 4 is 28.8 Å². The Morgan fingerprint density at radius 2 is 1.81 bits per heavy atom. The Balaban J connectivity index is 1.62. The molecule has 0 saturated carbocycles. The summed E-state index contributed by atoms with van der Waals surface area (Å²) in [6.45, 7) is 5.73. The van der Waals surface area contributed by atoms with Gasteiger partial charge in [-0.1, -0.05) is 35.3 Å². The van der Waals surface area contributed by atoms with E-state index in [2.05, 4.69) is 24.8 Å². The fourth-order valence-corrected chi connectivity index (χ4v) is 4.84. The van der Waals surface area contributed by atoms with Gasteiger partial charge in [0.1, 0.15) is 10.8 Å². The van der Waals surface area contributed by atoms with E-state index in [1.165, 1.54) is 33.5 Å². The second-order valence-corrected chi connectivity index (χ2v) is 8.74. The molecule has 0 radical (unpaired) electrons. The summed E-state index contributed by atoms with van der Waals surface area (Å²) in [5, 5.41) is 0.931. The van der Waals surface area contributed by atoms with E-state index < -0.39 is 0 Å². The average Bonchev–Trinajstić information content (AvgIpc) is 2.98. The molecule has 0 amide bonds. The zero-order chi connectivity index (χ0) is 22.3. The van der Waals surface area contributed by atoms with Crippen LogP contribution in [0.15, 0.2) is 53.3 Å². The summed E-state index contributed by atoms with van der Waals surface area (Å²) in [4.78, 5) is 15.2. The van der Waals surface area contributed by atoms with Gasteiger partial charge in [0, 0.05) is 25.2 Å². The molecule has 7 heteroatoms. The third-order valence-corrected chi connectivity index (χ3v) is 6.64. The van der Waals surface area contributed by atoms with Crippen LogP contribution in [0.3, 0.4) is 0 Å². The van der Waals surface area contributed by atoms with Gasteiger partial charge in [-0.2, -0.15) is 0 Å². The Morgan fingerprint density at radius 1 is 1.10 bits per heavy atom. The van der Waals surface area contributed by atoms with Gasteiger partial charge in [0.15, 0.2) is 0 Å². The third kappa shape index (κ3) is 4.10. The van der Waals surface area contributed by atoms with Crippen LogP contribution in [0.4, 0.5) is 4.39 Å². The van der Waals surface area contributed by atoms with Gasteiger partial charge in [0.05, 0.1) is 17.4 Å². The summed E-state index contributed by atoms with van der Waals surface area (Å²) in [5.74, 6) is -0.350. The van der Waals surface area contributed by atoms with Crippen LogP contribution >= 0.6 is 23.2 Å². The molecule has 0 aliphatic carbocycles. The molecule has 0 N–H and O–H groups in total. The van der Waals surface area contributed by atoms with Crippen LogP contribution in [0, 0.1) is 12.7 Å². The topological polar surface area (TPSA) is 30.2 Å². The van der Waals surface area contributed by atoms with Gasteiger partial charge in [0.2, 0.25) is 0 Å². The molecule has 4 rings (SSSR count). The highest BCUT2D eigenvalue weighted by Crippen LogP contribution is 2.32. The molecular weight excluding hydrogens is 436 g/mol. The van der Waals surface area contributed by atoms with Crippen molar-refractivity contribution in [1.29, 1.82) is 0 Å². The Labute approximate surface area is 191 Å². The number of hydrogen-bond acceptors (Lipinski definition) is 2. The van der Waals surface area contributed by atoms with E-state index in [9.17, 15) is 9.18 Å². The Kier molecular flexibility index (Phi) is 6.11. The van der Waals surface area contributed by atoms with Gasteiger partial charge in [-0.05, 0) is 73.4 Å². The number of halogens is 3. The minimum Gasteiger partial charge on any atom is -0.291 e. The van der Waals surface area contributed by atoms with Crippen molar-refractivity contribution in [3.05, 3.63) is 91.6 Å². The zero-order valence-corrected chi connectivity index (χ0v) is 19.2. The van der Waals surface area contributed by atoms with Crippen LogP contribution in [0.5, 0.6) is 0 Å². The van der Waals surface area contributed by atoms with Crippen molar-refractivity contribution in [2.45, 2.75) is 26.3 Å². The Bertz CT molecular complexity index is 1210. The fourth-order valence-electron chi connectivity index (χ4n) is 4.31. The highest BCUT2D eigenvalue weighted by atomic mass is 35.5. The van der Waals surface area contributed by atoms with E-state index in [1.807, 2.05) is 25.2 Å². The first-order valence-electron chi connectivity index (χ1n) is 10.2. The summed E-state index contributed by atoms with van der Waals surface area (Å²) in [7, 11) is 1.81. The summed E-state index contributed by atoms with van der Waals surface area (Å²) < 4.78 is 16.6. The van der Waals surface area contributed by atoms with Crippen LogP contribution in [-0.2, 0) is 7.05 Å². The number of rotatable bonds is 4. The fraction of sp³-hybridized carbons (Fsp3) is 0.292. The van der Waals surface area contributed by atoms with E-state index in [4.69, 9.17) is 23.2 Å². The Hall–Kier alpha value is -2.34. The van der Waals surface area contributed by atoms with Crippen LogP contribution in [0.2, 0.25) is 10.0 Å². The zero-order valence-electron chi connectivity index (χ0n) is 17.7. The lowest BCUT2D eigenvalue weighted by Crippen LogP contribution is -2.32. The highest BCUT2D eigenvalue weighted by molar-refractivity contribution is 6.31. The number of hydrogen-bond donors (Lipinski definition) is 0. The van der Waals surface area contributed by atoms with Gasteiger partial charge in [0.25, 0.3) is 5.56 Å². The Morgan fingerprint density at radius 3 is 2.45 bits per heavy atom. The van der Waals surface area contributed by atoms with Gasteiger partial charge < -0.3 is 0 Å². The van der Waals surface area contributed by atoms with Gasteiger partial charge in [-0.15, -0.1) is 0 Å². The van der Waals surface area contributed by atoms with Gasteiger partial charge >= 0.3 is 0 Å². The predicted octanol–water partition coefficient (Wildman–Crippen LogP) is 5.78. The van der Waals surface area contributed by atoms with Gasteiger partial charge in [-0.3, -0.25) is 14.4 Å². The van der Waals surface area contributed by atoms with Crippen molar-refractivity contribution in [3.63, 3.8) is 0 Å². The third-order valence-electron chi connectivity index (χ3n) is 6.05. The first kappa shape index (κ1) is 21.9. The molecular formula is C24H24Cl2FN3O. The molecule has 1 unspecified atom stereocenters. The predicted molar refractivity (Wildman–Crippen MR) is 125 cm³/mol. The molecule has 0 bridgehead atoms. The van der Waals surface area contributed by atoms with E-state index in [0.717, 1.165) is 30.2 Å². The van der Waals surface area contributed by atoms with E-state index >= 15 is 0 Å². The molecule has 162 valence electrons. The standard InChI is InChI=1S/C24H24Cl2FN3O/c1-15-4-5-18(25)14-21(15)17-10-12-29(13-11-17)16(2)23-22(26)24(31)30(28(23)3)20-8-6-19(27)7-9-20/h4-10,14,16H,11-13H2,1-3H3. The second-order valence-electron chi connectivity index (χ2n) is 7.93. The van der Waals surface area contributed by atoms with Crippen molar-refractivity contribution in [1.82, 2.24) is 14.3 Å². The van der Waals surface area contributed by atoms with E-state index in [1.54, 1.807) is 16.8 Å². The lowest BCUT2D eigenvalue weighted by molar-refractivity contribution is 0.223. The molecule has 0 saturated heterocycles. The largest absolute Gasteiger partial charge is 0.291 e. The smallest absolute Gasteiger partial charge is 0.290 e. The maximum absolute atomic E-state index is 13.3. The molecule has 0 spiro atoms. The summed E-state index contributed by atoms with van der Waals surface area (Å²) in [6.07, 6.45) is 3.11. The SMILES string of the molecule is Cc1ccc(Cl)cc1C1=CCN(C(C)c2c(Cl)c(=O)n(-c3ccc(F)cc3)n2C)CC1. The molecule has 31 heavy (non-hydrogen) atoms. The second kappa shape index (κ2) is 8.65. The molecule has 4 nitrogen and oxygen atoms in total. The average molecular weight is 460 g/mol. The number of nitrogens with zero attached hydrogens (tertiary/aromatic N) is 3. The molecule has 0 fully saturated rings. The number of aryl methyl sites for hydroxylation is 1. The minimum absolute atomic E-state index is 0.0647. The molecule has 2 heterocycles. The first-order valence-corrected chi connectivity index (χ1v) is 11.0. The minimum atomic E-state index is -0.350. The molecule has 1 aliphatic heterocycles. The van der Waals surface area contributed by atoms with Crippen LogP contribution in [-0.4, -0.2) is 27.4 Å². The normalized spacial score (nSPS) is 15.7. The van der Waals surface area contributed by atoms with Crippen molar-refractivity contribution in [2.75, 3.05) is 13.1 Å². The first-order chi connectivity index (χ1) is 14.8. The lowest BCUT2D eigenvalue weighted by atomic mass is 9.95. The maximum atomic E-state index is 13.3. The molecule has 2 aromatic carbocycles. The number of aromatic nitrogens is 2. The lowest BCUT2D eigenvalue weighted by Gasteiger charge is -2.32. The summed E-state index contributed by atoms with van der Waals surface area (Å²) >= 11 is 12.7. The quantitative estimate of drug-likeness (QED) is 0.494. The molecule has 1 atom stereocenters. The van der Waals surface area contributed by atoms with Gasteiger partial charge in [-0.25, -0.2) is 9.07 Å². The van der Waals surface area contributed by atoms with Crippen molar-refractivity contribution < 1.29 is 4.39 Å². The molecule has 3 aromatic rings. The summed E-state index contributed by atoms with van der Waals surface area (Å²) in [6, 6.07) is 11.7. The van der Waals surface area contributed by atoms with Crippen LogP contribution < -0.4 is 5.56 Å². The number of benzene rings is 2. The van der Waals surface area contributed by atoms with Crippen molar-refractivity contribution in [2.24, 2.45) is 7.05 Å².